The number of rotatable bonds is 3. The van der Waals surface area contributed by atoms with Crippen molar-refractivity contribution in [3.63, 3.8) is 0 Å². The Balaban J connectivity index is 2.36. The van der Waals surface area contributed by atoms with E-state index >= 15 is 0 Å². The van der Waals surface area contributed by atoms with Crippen molar-refractivity contribution >= 4 is 21.7 Å². The Hall–Kier alpha value is -2.22. The Morgan fingerprint density at radius 1 is 1.18 bits per heavy atom. The van der Waals surface area contributed by atoms with Crippen molar-refractivity contribution in [2.45, 2.75) is 4.90 Å². The molecule has 17 heavy (non-hydrogen) atoms. The number of sulfonamides is 1. The van der Waals surface area contributed by atoms with E-state index in [-0.39, 0.29) is 16.5 Å². The third-order valence-electron chi connectivity index (χ3n) is 1.90. The summed E-state index contributed by atoms with van der Waals surface area (Å²) in [6, 6.07) is 2.98. The number of nitrogens with zero attached hydrogens (tertiary/aromatic N) is 3. The van der Waals surface area contributed by atoms with E-state index in [2.05, 4.69) is 19.7 Å². The van der Waals surface area contributed by atoms with Gasteiger partial charge in [-0.05, 0) is 12.1 Å². The van der Waals surface area contributed by atoms with Crippen LogP contribution in [0, 0.1) is 0 Å². The highest BCUT2D eigenvalue weighted by Crippen LogP contribution is 2.17. The first-order chi connectivity index (χ1) is 8.09. The minimum atomic E-state index is -3.81. The van der Waals surface area contributed by atoms with E-state index in [9.17, 15) is 8.42 Å². The topological polar surface area (TPSA) is 111 Å². The van der Waals surface area contributed by atoms with E-state index < -0.39 is 10.0 Å². The molecule has 8 heteroatoms. The van der Waals surface area contributed by atoms with Crippen LogP contribution in [0.25, 0.3) is 0 Å². The van der Waals surface area contributed by atoms with Crippen LogP contribution in [0.1, 0.15) is 0 Å². The lowest BCUT2D eigenvalue weighted by Gasteiger charge is -2.07. The second kappa shape index (κ2) is 4.34. The minimum absolute atomic E-state index is 0.0178. The molecule has 0 saturated heterocycles. The lowest BCUT2D eigenvalue weighted by Crippen LogP contribution is -2.16. The summed E-state index contributed by atoms with van der Waals surface area (Å²) in [6.45, 7) is 0. The second-order valence-corrected chi connectivity index (χ2v) is 4.74. The quantitative estimate of drug-likeness (QED) is 0.809. The number of nitrogen functional groups attached to an aromatic ring is 1. The summed E-state index contributed by atoms with van der Waals surface area (Å²) in [5.41, 5.74) is 5.67. The first-order valence-corrected chi connectivity index (χ1v) is 6.07. The van der Waals surface area contributed by atoms with Crippen LogP contribution < -0.4 is 10.5 Å². The highest BCUT2D eigenvalue weighted by atomic mass is 32.2. The van der Waals surface area contributed by atoms with Crippen LogP contribution in [-0.2, 0) is 10.0 Å². The van der Waals surface area contributed by atoms with Crippen LogP contribution in [0.5, 0.6) is 0 Å². The van der Waals surface area contributed by atoms with E-state index in [0.29, 0.717) is 0 Å². The molecule has 0 atom stereocenters. The van der Waals surface area contributed by atoms with Crippen molar-refractivity contribution in [2.24, 2.45) is 0 Å². The third kappa shape index (κ3) is 2.48. The van der Waals surface area contributed by atoms with Gasteiger partial charge in [0, 0.05) is 24.8 Å². The third-order valence-corrected chi connectivity index (χ3v) is 3.27. The van der Waals surface area contributed by atoms with Crippen molar-refractivity contribution in [3.05, 3.63) is 36.9 Å². The molecular weight excluding hydrogens is 242 g/mol. The van der Waals surface area contributed by atoms with Crippen molar-refractivity contribution in [1.82, 2.24) is 15.0 Å². The van der Waals surface area contributed by atoms with Crippen LogP contribution in [0.2, 0.25) is 0 Å². The number of hydrogen-bond acceptors (Lipinski definition) is 6. The fourth-order valence-corrected chi connectivity index (χ4v) is 2.18. The Kier molecular flexibility index (Phi) is 2.88. The number of hydrogen-bond donors (Lipinski definition) is 2. The fraction of sp³-hybridized carbons (Fsp3) is 0. The van der Waals surface area contributed by atoms with Gasteiger partial charge in [0.05, 0.1) is 5.69 Å². The molecule has 0 saturated carbocycles. The number of anilines is 2. The first-order valence-electron chi connectivity index (χ1n) is 4.59. The molecule has 0 aliphatic rings. The fourth-order valence-electron chi connectivity index (χ4n) is 1.14. The number of aromatic nitrogens is 3. The maximum atomic E-state index is 11.9. The maximum Gasteiger partial charge on any atom is 0.267 e. The van der Waals surface area contributed by atoms with Gasteiger partial charge in [0.25, 0.3) is 10.0 Å². The zero-order valence-corrected chi connectivity index (χ0v) is 9.42. The van der Waals surface area contributed by atoms with Crippen molar-refractivity contribution in [2.75, 3.05) is 10.5 Å². The van der Waals surface area contributed by atoms with Crippen LogP contribution in [0.3, 0.4) is 0 Å². The average Bonchev–Trinajstić information content (AvgIpc) is 2.30. The molecule has 0 bridgehead atoms. The summed E-state index contributed by atoms with van der Waals surface area (Å²) in [6.07, 6.45) is 5.43. The summed E-state index contributed by atoms with van der Waals surface area (Å²) < 4.78 is 26.0. The molecule has 2 aromatic heterocycles. The highest BCUT2D eigenvalue weighted by Gasteiger charge is 2.18. The first kappa shape index (κ1) is 11.3. The Morgan fingerprint density at radius 3 is 2.53 bits per heavy atom. The molecule has 7 nitrogen and oxygen atoms in total. The molecular formula is C9H9N5O2S. The summed E-state index contributed by atoms with van der Waals surface area (Å²) in [5, 5.41) is 0. The SMILES string of the molecule is Nc1ccncc1S(=O)(=O)Nc1ncccn1. The molecule has 0 fully saturated rings. The van der Waals surface area contributed by atoms with Crippen LogP contribution in [0.4, 0.5) is 11.6 Å². The van der Waals surface area contributed by atoms with E-state index in [4.69, 9.17) is 5.73 Å². The normalized spacial score (nSPS) is 11.1. The largest absolute Gasteiger partial charge is 0.398 e. The van der Waals surface area contributed by atoms with Gasteiger partial charge in [-0.15, -0.1) is 0 Å². The van der Waals surface area contributed by atoms with E-state index in [1.807, 2.05) is 0 Å². The number of pyridine rings is 1. The summed E-state index contributed by atoms with van der Waals surface area (Å²) in [5.74, 6) is -0.0178. The van der Waals surface area contributed by atoms with Gasteiger partial charge in [-0.3, -0.25) is 4.98 Å². The van der Waals surface area contributed by atoms with Crippen LogP contribution in [-0.4, -0.2) is 23.4 Å². The van der Waals surface area contributed by atoms with Crippen molar-refractivity contribution in [1.29, 1.82) is 0 Å². The second-order valence-electron chi connectivity index (χ2n) is 3.09. The maximum absolute atomic E-state index is 11.9. The average molecular weight is 251 g/mol. The molecule has 2 rings (SSSR count). The summed E-state index contributed by atoms with van der Waals surface area (Å²) in [4.78, 5) is 11.1. The molecule has 0 aliphatic carbocycles. The van der Waals surface area contributed by atoms with Gasteiger partial charge in [0.2, 0.25) is 5.95 Å². The predicted octanol–water partition coefficient (Wildman–Crippen LogP) is 0.255. The predicted molar refractivity (Wildman–Crippen MR) is 61.5 cm³/mol. The molecule has 2 heterocycles. The highest BCUT2D eigenvalue weighted by molar-refractivity contribution is 7.92. The molecule has 0 amide bonds. The monoisotopic (exact) mass is 251 g/mol. The molecule has 3 N–H and O–H groups in total. The number of nitrogens with one attached hydrogen (secondary N) is 1. The van der Waals surface area contributed by atoms with Gasteiger partial charge in [0.15, 0.2) is 0 Å². The zero-order valence-electron chi connectivity index (χ0n) is 8.61. The van der Waals surface area contributed by atoms with Gasteiger partial charge < -0.3 is 5.73 Å². The van der Waals surface area contributed by atoms with Gasteiger partial charge >= 0.3 is 0 Å². The van der Waals surface area contributed by atoms with E-state index in [1.165, 1.54) is 30.9 Å². The minimum Gasteiger partial charge on any atom is -0.398 e. The molecule has 0 unspecified atom stereocenters. The molecule has 0 aromatic carbocycles. The van der Waals surface area contributed by atoms with Crippen molar-refractivity contribution in [3.8, 4) is 0 Å². The lowest BCUT2D eigenvalue weighted by molar-refractivity contribution is 0.601. The number of nitrogens with two attached hydrogens (primary N) is 1. The van der Waals surface area contributed by atoms with E-state index in [0.717, 1.165) is 0 Å². The lowest BCUT2D eigenvalue weighted by atomic mass is 10.4. The van der Waals surface area contributed by atoms with Crippen molar-refractivity contribution < 1.29 is 8.42 Å². The molecule has 0 spiro atoms. The van der Waals surface area contributed by atoms with Crippen LogP contribution in [0.15, 0.2) is 41.8 Å². The molecule has 0 aliphatic heterocycles. The van der Waals surface area contributed by atoms with Gasteiger partial charge in [0.1, 0.15) is 4.90 Å². The standard InChI is InChI=1S/C9H9N5O2S/c10-7-2-5-11-6-8(7)17(15,16)14-9-12-3-1-4-13-9/h1-6H,(H2,10,11)(H,12,13,14). The Bertz CT molecular complexity index is 614. The smallest absolute Gasteiger partial charge is 0.267 e. The Morgan fingerprint density at radius 2 is 1.88 bits per heavy atom. The van der Waals surface area contributed by atoms with E-state index in [1.54, 1.807) is 6.07 Å². The van der Waals surface area contributed by atoms with Gasteiger partial charge in [-0.25, -0.2) is 23.1 Å². The summed E-state index contributed by atoms with van der Waals surface area (Å²) in [7, 11) is -3.81. The molecule has 2 aromatic rings. The van der Waals surface area contributed by atoms with Gasteiger partial charge in [-0.2, -0.15) is 0 Å². The van der Waals surface area contributed by atoms with Crippen LogP contribution >= 0.6 is 0 Å². The van der Waals surface area contributed by atoms with Gasteiger partial charge in [-0.1, -0.05) is 0 Å². The Labute approximate surface area is 97.8 Å². The zero-order chi connectivity index (χ0) is 12.3. The summed E-state index contributed by atoms with van der Waals surface area (Å²) >= 11 is 0. The molecule has 88 valence electrons. The molecule has 0 radical (unpaired) electrons.